The molecular weight excluding hydrogens is 575 g/mol. The predicted molar refractivity (Wildman–Crippen MR) is 164 cm³/mol. The Morgan fingerprint density at radius 3 is 2.19 bits per heavy atom. The fraction of sp³-hybridized carbons (Fsp3) is 0.152. The third-order valence-electron chi connectivity index (χ3n) is 5.97. The molecular formula is C33H28Cl2N2O5. The van der Waals surface area contributed by atoms with Gasteiger partial charge in [0, 0.05) is 5.69 Å². The summed E-state index contributed by atoms with van der Waals surface area (Å²) in [6.45, 7) is 3.00. The van der Waals surface area contributed by atoms with Crippen LogP contribution in [0.4, 0.5) is 5.69 Å². The van der Waals surface area contributed by atoms with Crippen LogP contribution in [0.25, 0.3) is 6.08 Å². The van der Waals surface area contributed by atoms with E-state index in [1.165, 1.54) is 6.08 Å². The SMILES string of the molecule is CCOc1ccc(NC(=O)/C(C#N)=C/c2cc(Cl)c(OCc3ccc(OCc4ccccc4)c(OC)c3)c(Cl)c2)cc1. The van der Waals surface area contributed by atoms with Crippen LogP contribution in [-0.4, -0.2) is 19.6 Å². The van der Waals surface area contributed by atoms with Crippen molar-refractivity contribution in [1.82, 2.24) is 0 Å². The number of amides is 1. The lowest BCUT2D eigenvalue weighted by atomic mass is 10.1. The van der Waals surface area contributed by atoms with Crippen molar-refractivity contribution in [2.75, 3.05) is 19.0 Å². The van der Waals surface area contributed by atoms with Crippen molar-refractivity contribution >= 4 is 40.9 Å². The van der Waals surface area contributed by atoms with Gasteiger partial charge in [-0.25, -0.2) is 0 Å². The number of halogens is 2. The number of nitrogens with zero attached hydrogens (tertiary/aromatic N) is 1. The summed E-state index contributed by atoms with van der Waals surface area (Å²) in [6, 6.07) is 27.3. The summed E-state index contributed by atoms with van der Waals surface area (Å²) >= 11 is 13.0. The third-order valence-corrected chi connectivity index (χ3v) is 6.53. The largest absolute Gasteiger partial charge is 0.494 e. The number of anilines is 1. The number of carbonyl (C=O) groups excluding carboxylic acids is 1. The maximum atomic E-state index is 12.7. The van der Waals surface area contributed by atoms with Gasteiger partial charge in [-0.2, -0.15) is 5.26 Å². The Labute approximate surface area is 254 Å². The van der Waals surface area contributed by atoms with Crippen LogP contribution in [0.1, 0.15) is 23.6 Å². The van der Waals surface area contributed by atoms with Gasteiger partial charge < -0.3 is 24.3 Å². The average Bonchev–Trinajstić information content (AvgIpc) is 3.00. The molecule has 0 saturated heterocycles. The first-order chi connectivity index (χ1) is 20.4. The van der Waals surface area contributed by atoms with Gasteiger partial charge in [0.25, 0.3) is 5.91 Å². The molecule has 0 atom stereocenters. The zero-order chi connectivity index (χ0) is 29.9. The third kappa shape index (κ3) is 8.20. The van der Waals surface area contributed by atoms with Crippen molar-refractivity contribution in [3.05, 3.63) is 117 Å². The van der Waals surface area contributed by atoms with Crippen LogP contribution in [-0.2, 0) is 18.0 Å². The second-order valence-electron chi connectivity index (χ2n) is 8.94. The number of nitriles is 1. The van der Waals surface area contributed by atoms with Crippen molar-refractivity contribution in [3.63, 3.8) is 0 Å². The van der Waals surface area contributed by atoms with Crippen LogP contribution in [0.5, 0.6) is 23.0 Å². The summed E-state index contributed by atoms with van der Waals surface area (Å²) in [6.07, 6.45) is 1.41. The molecule has 7 nitrogen and oxygen atoms in total. The molecule has 1 amide bonds. The van der Waals surface area contributed by atoms with Gasteiger partial charge >= 0.3 is 0 Å². The minimum atomic E-state index is -0.570. The van der Waals surface area contributed by atoms with Crippen molar-refractivity contribution in [1.29, 1.82) is 5.26 Å². The maximum absolute atomic E-state index is 12.7. The van der Waals surface area contributed by atoms with E-state index in [9.17, 15) is 10.1 Å². The van der Waals surface area contributed by atoms with Crippen molar-refractivity contribution in [2.24, 2.45) is 0 Å². The predicted octanol–water partition coefficient (Wildman–Crippen LogP) is 8.10. The molecule has 9 heteroatoms. The Hall–Kier alpha value is -4.64. The Balaban J connectivity index is 1.41. The summed E-state index contributed by atoms with van der Waals surface area (Å²) in [5.74, 6) is 1.56. The molecule has 4 rings (SSSR count). The number of methoxy groups -OCH3 is 1. The molecule has 0 saturated carbocycles. The van der Waals surface area contributed by atoms with E-state index in [4.69, 9.17) is 42.1 Å². The van der Waals surface area contributed by atoms with Gasteiger partial charge in [-0.15, -0.1) is 0 Å². The monoisotopic (exact) mass is 602 g/mol. The number of ether oxygens (including phenoxy) is 4. The van der Waals surface area contributed by atoms with Crippen molar-refractivity contribution in [2.45, 2.75) is 20.1 Å². The van der Waals surface area contributed by atoms with E-state index in [1.807, 2.05) is 61.5 Å². The number of nitrogens with one attached hydrogen (secondary N) is 1. The van der Waals surface area contributed by atoms with Gasteiger partial charge in [0.2, 0.25) is 0 Å². The van der Waals surface area contributed by atoms with E-state index in [-0.39, 0.29) is 28.0 Å². The number of carbonyl (C=O) groups is 1. The molecule has 0 unspecified atom stereocenters. The van der Waals surface area contributed by atoms with Gasteiger partial charge in [0.05, 0.1) is 23.8 Å². The molecule has 0 aromatic heterocycles. The summed E-state index contributed by atoms with van der Waals surface area (Å²) in [5, 5.41) is 12.8. The highest BCUT2D eigenvalue weighted by molar-refractivity contribution is 6.37. The molecule has 0 heterocycles. The highest BCUT2D eigenvalue weighted by atomic mass is 35.5. The zero-order valence-corrected chi connectivity index (χ0v) is 24.5. The second kappa shape index (κ2) is 14.8. The molecule has 4 aromatic carbocycles. The van der Waals surface area contributed by atoms with Crippen LogP contribution in [0.3, 0.4) is 0 Å². The minimum Gasteiger partial charge on any atom is -0.494 e. The summed E-state index contributed by atoms with van der Waals surface area (Å²) in [5.41, 5.74) is 2.73. The number of benzene rings is 4. The first kappa shape index (κ1) is 30.3. The highest BCUT2D eigenvalue weighted by Gasteiger charge is 2.14. The first-order valence-corrected chi connectivity index (χ1v) is 13.8. The smallest absolute Gasteiger partial charge is 0.266 e. The topological polar surface area (TPSA) is 89.8 Å². The molecule has 0 bridgehead atoms. The minimum absolute atomic E-state index is 0.119. The molecule has 1 N–H and O–H groups in total. The van der Waals surface area contributed by atoms with E-state index in [2.05, 4.69) is 5.32 Å². The molecule has 0 aliphatic carbocycles. The first-order valence-electron chi connectivity index (χ1n) is 13.0. The molecule has 0 radical (unpaired) electrons. The van der Waals surface area contributed by atoms with Crippen LogP contribution in [0.2, 0.25) is 10.0 Å². The maximum Gasteiger partial charge on any atom is 0.266 e. The van der Waals surface area contributed by atoms with Gasteiger partial charge in [0.15, 0.2) is 17.2 Å². The molecule has 0 aliphatic rings. The number of hydrogen-bond donors (Lipinski definition) is 1. The summed E-state index contributed by atoms with van der Waals surface area (Å²) in [7, 11) is 1.57. The lowest BCUT2D eigenvalue weighted by Crippen LogP contribution is -2.13. The van der Waals surface area contributed by atoms with Gasteiger partial charge in [-0.3, -0.25) is 4.79 Å². The quantitative estimate of drug-likeness (QED) is 0.130. The van der Waals surface area contributed by atoms with Crippen LogP contribution < -0.4 is 24.3 Å². The van der Waals surface area contributed by atoms with Crippen molar-refractivity contribution < 1.29 is 23.7 Å². The van der Waals surface area contributed by atoms with E-state index in [0.29, 0.717) is 41.7 Å². The van der Waals surface area contributed by atoms with E-state index >= 15 is 0 Å². The Kier molecular flexibility index (Phi) is 10.7. The highest BCUT2D eigenvalue weighted by Crippen LogP contribution is 2.36. The van der Waals surface area contributed by atoms with Gasteiger partial charge in [0.1, 0.15) is 30.6 Å². The normalized spacial score (nSPS) is 10.9. The van der Waals surface area contributed by atoms with Crippen LogP contribution in [0, 0.1) is 11.3 Å². The summed E-state index contributed by atoms with van der Waals surface area (Å²) < 4.78 is 22.8. The number of hydrogen-bond acceptors (Lipinski definition) is 6. The molecule has 42 heavy (non-hydrogen) atoms. The lowest BCUT2D eigenvalue weighted by molar-refractivity contribution is -0.112. The van der Waals surface area contributed by atoms with E-state index in [0.717, 1.165) is 11.1 Å². The average molecular weight is 604 g/mol. The molecule has 0 spiro atoms. The molecule has 4 aromatic rings. The number of rotatable bonds is 12. The standard InChI is InChI=1S/C33H28Cl2N2O5/c1-3-40-27-12-10-26(11-13-27)37-33(38)25(19-36)15-24-16-28(34)32(29(35)17-24)42-21-23-9-14-30(31(18-23)39-2)41-20-22-7-5-4-6-8-22/h4-18H,3,20-21H2,1-2H3,(H,37,38)/b25-15+. The molecule has 0 fully saturated rings. The van der Waals surface area contributed by atoms with Crippen molar-refractivity contribution in [3.8, 4) is 29.1 Å². The zero-order valence-electron chi connectivity index (χ0n) is 23.0. The Bertz CT molecular complexity index is 1580. The fourth-order valence-electron chi connectivity index (χ4n) is 3.93. The molecule has 0 aliphatic heterocycles. The van der Waals surface area contributed by atoms with Crippen LogP contribution >= 0.6 is 23.2 Å². The lowest BCUT2D eigenvalue weighted by Gasteiger charge is -2.14. The molecule has 214 valence electrons. The summed E-state index contributed by atoms with van der Waals surface area (Å²) in [4.78, 5) is 12.7. The fourth-order valence-corrected chi connectivity index (χ4v) is 4.54. The van der Waals surface area contributed by atoms with Crippen LogP contribution in [0.15, 0.2) is 90.5 Å². The Morgan fingerprint density at radius 1 is 0.857 bits per heavy atom. The second-order valence-corrected chi connectivity index (χ2v) is 9.76. The Morgan fingerprint density at radius 2 is 1.55 bits per heavy atom. The van der Waals surface area contributed by atoms with E-state index in [1.54, 1.807) is 43.5 Å². The van der Waals surface area contributed by atoms with Gasteiger partial charge in [-0.1, -0.05) is 59.6 Å². The van der Waals surface area contributed by atoms with E-state index < -0.39 is 5.91 Å². The van der Waals surface area contributed by atoms with Gasteiger partial charge in [-0.05, 0) is 78.2 Å².